The monoisotopic (exact) mass is 398 g/mol. The number of rotatable bonds is 16. The molecular weight excluding hydrogens is 360 g/mol. The summed E-state index contributed by atoms with van der Waals surface area (Å²) >= 11 is 0. The fourth-order valence-electron chi connectivity index (χ4n) is 1.33. The number of hydrogen-bond acceptors (Lipinski definition) is 7. The highest BCUT2D eigenvalue weighted by Gasteiger charge is 1.92. The number of unbranched alkanes of at least 4 members (excludes halogenated alkanes) is 2. The van der Waals surface area contributed by atoms with E-state index in [-0.39, 0.29) is 13.2 Å². The maximum Gasteiger partial charge on any atom is 0.303 e. The lowest BCUT2D eigenvalue weighted by atomic mass is 10.3. The molecule has 0 heterocycles. The second-order valence-corrected chi connectivity index (χ2v) is 5.28. The Bertz CT molecular complexity index is 271. The predicted octanol–water partition coefficient (Wildman–Crippen LogP) is 1.54. The van der Waals surface area contributed by atoms with Crippen LogP contribution < -0.4 is 0 Å². The zero-order valence-corrected chi connectivity index (χ0v) is 16.7. The maximum absolute atomic E-state index is 9.76. The van der Waals surface area contributed by atoms with Crippen molar-refractivity contribution < 1.29 is 44.2 Å². The smallest absolute Gasteiger partial charge is 0.303 e. The number of ether oxygens (including phenoxy) is 3. The molecule has 0 saturated heterocycles. The van der Waals surface area contributed by atoms with Crippen molar-refractivity contribution in [3.8, 4) is 0 Å². The first-order chi connectivity index (χ1) is 13.0. The average molecular weight is 398 g/mol. The summed E-state index contributed by atoms with van der Waals surface area (Å²) < 4.78 is 15.0. The molecule has 0 aromatic rings. The fourth-order valence-corrected chi connectivity index (χ4v) is 1.33. The summed E-state index contributed by atoms with van der Waals surface area (Å²) in [6, 6.07) is 0. The van der Waals surface area contributed by atoms with E-state index in [4.69, 9.17) is 34.6 Å². The Kier molecular flexibility index (Phi) is 33.3. The van der Waals surface area contributed by atoms with Gasteiger partial charge in [-0.1, -0.05) is 26.7 Å². The molecule has 0 bridgehead atoms. The largest absolute Gasteiger partial charge is 0.481 e. The first kappa shape index (κ1) is 30.5. The fraction of sp³-hybridized carbons (Fsp3) is 0.889. The van der Waals surface area contributed by atoms with E-state index in [0.717, 1.165) is 25.7 Å². The van der Waals surface area contributed by atoms with Crippen molar-refractivity contribution in [1.82, 2.24) is 0 Å². The minimum atomic E-state index is -0.693. The van der Waals surface area contributed by atoms with E-state index in [1.54, 1.807) is 0 Å². The SMILES string of the molecule is CCCCC(=O)O.CCCCC(=O)O.OCCOCCOCCOCCO. The third kappa shape index (κ3) is 45.7. The van der Waals surface area contributed by atoms with Gasteiger partial charge in [-0.05, 0) is 12.8 Å². The molecule has 0 aliphatic carbocycles. The molecule has 4 N–H and O–H groups in total. The highest BCUT2D eigenvalue weighted by atomic mass is 16.5. The number of carboxylic acids is 2. The van der Waals surface area contributed by atoms with E-state index >= 15 is 0 Å². The number of carbonyl (C=O) groups is 2. The van der Waals surface area contributed by atoms with Crippen molar-refractivity contribution in [3.05, 3.63) is 0 Å². The minimum absolute atomic E-state index is 0.0413. The van der Waals surface area contributed by atoms with Gasteiger partial charge in [0.15, 0.2) is 0 Å². The molecule has 0 radical (unpaired) electrons. The summed E-state index contributed by atoms with van der Waals surface area (Å²) in [7, 11) is 0. The van der Waals surface area contributed by atoms with Crippen molar-refractivity contribution in [2.45, 2.75) is 52.4 Å². The zero-order valence-electron chi connectivity index (χ0n) is 16.7. The lowest BCUT2D eigenvalue weighted by Gasteiger charge is -2.04. The molecule has 164 valence electrons. The van der Waals surface area contributed by atoms with Crippen LogP contribution in [0.2, 0.25) is 0 Å². The van der Waals surface area contributed by atoms with Gasteiger partial charge in [0.25, 0.3) is 0 Å². The molecule has 0 aromatic heterocycles. The molecule has 0 unspecified atom stereocenters. The van der Waals surface area contributed by atoms with Gasteiger partial charge < -0.3 is 34.6 Å². The normalized spacial score (nSPS) is 9.63. The highest BCUT2D eigenvalue weighted by Crippen LogP contribution is 1.91. The molecule has 0 saturated carbocycles. The summed E-state index contributed by atoms with van der Waals surface area (Å²) in [5.41, 5.74) is 0. The van der Waals surface area contributed by atoms with E-state index in [1.165, 1.54) is 0 Å². The summed E-state index contributed by atoms with van der Waals surface area (Å²) in [5, 5.41) is 32.8. The van der Waals surface area contributed by atoms with Gasteiger partial charge in [0.05, 0.1) is 52.9 Å². The maximum atomic E-state index is 9.76. The number of aliphatic hydroxyl groups excluding tert-OH is 2. The van der Waals surface area contributed by atoms with Gasteiger partial charge in [-0.3, -0.25) is 9.59 Å². The number of aliphatic hydroxyl groups is 2. The van der Waals surface area contributed by atoms with Crippen molar-refractivity contribution in [1.29, 1.82) is 0 Å². The summed E-state index contributed by atoms with van der Waals surface area (Å²) in [5.74, 6) is -1.39. The van der Waals surface area contributed by atoms with Crippen molar-refractivity contribution in [2.24, 2.45) is 0 Å². The standard InChI is InChI=1S/C8H18O5.2C5H10O2/c9-1-3-11-5-7-13-8-6-12-4-2-10;2*1-2-3-4-5(6)7/h9-10H,1-8H2;2*2-4H2,1H3,(H,6,7). The predicted molar refractivity (Wildman–Crippen MR) is 101 cm³/mol. The van der Waals surface area contributed by atoms with Crippen LogP contribution in [-0.2, 0) is 23.8 Å². The molecule has 9 heteroatoms. The second-order valence-electron chi connectivity index (χ2n) is 5.28. The van der Waals surface area contributed by atoms with Crippen molar-refractivity contribution in [3.63, 3.8) is 0 Å². The molecule has 0 amide bonds. The van der Waals surface area contributed by atoms with Gasteiger partial charge in [-0.2, -0.15) is 0 Å². The second kappa shape index (κ2) is 29.5. The van der Waals surface area contributed by atoms with Crippen LogP contribution in [0.15, 0.2) is 0 Å². The highest BCUT2D eigenvalue weighted by molar-refractivity contribution is 5.66. The van der Waals surface area contributed by atoms with E-state index in [0.29, 0.717) is 52.5 Å². The Morgan fingerprint density at radius 1 is 0.630 bits per heavy atom. The minimum Gasteiger partial charge on any atom is -0.481 e. The Balaban J connectivity index is -0.000000350. The molecule has 0 rings (SSSR count). The Morgan fingerprint density at radius 2 is 0.926 bits per heavy atom. The van der Waals surface area contributed by atoms with Gasteiger partial charge in [0.2, 0.25) is 0 Å². The van der Waals surface area contributed by atoms with Crippen LogP contribution in [0.3, 0.4) is 0 Å². The Hall–Kier alpha value is -1.26. The van der Waals surface area contributed by atoms with Crippen molar-refractivity contribution >= 4 is 11.9 Å². The van der Waals surface area contributed by atoms with Gasteiger partial charge in [-0.15, -0.1) is 0 Å². The number of carboxylic acid groups (broad SMARTS) is 2. The van der Waals surface area contributed by atoms with Gasteiger partial charge in [0.1, 0.15) is 0 Å². The Morgan fingerprint density at radius 3 is 1.11 bits per heavy atom. The number of aliphatic carboxylic acids is 2. The van der Waals surface area contributed by atoms with Crippen LogP contribution in [0.4, 0.5) is 0 Å². The van der Waals surface area contributed by atoms with E-state index < -0.39 is 11.9 Å². The molecule has 0 spiro atoms. The van der Waals surface area contributed by atoms with Crippen molar-refractivity contribution in [2.75, 3.05) is 52.9 Å². The van der Waals surface area contributed by atoms with Crippen LogP contribution in [0.25, 0.3) is 0 Å². The van der Waals surface area contributed by atoms with Crippen LogP contribution >= 0.6 is 0 Å². The first-order valence-electron chi connectivity index (χ1n) is 9.34. The topological polar surface area (TPSA) is 143 Å². The quantitative estimate of drug-likeness (QED) is 0.285. The number of hydrogen-bond donors (Lipinski definition) is 4. The lowest BCUT2D eigenvalue weighted by Crippen LogP contribution is -2.11. The molecule has 0 aliphatic rings. The molecule has 0 aromatic carbocycles. The van der Waals surface area contributed by atoms with E-state index in [2.05, 4.69) is 0 Å². The summed E-state index contributed by atoms with van der Waals surface area (Å²) in [6.45, 7) is 6.71. The van der Waals surface area contributed by atoms with Crippen LogP contribution in [0, 0.1) is 0 Å². The molecule has 0 atom stereocenters. The molecule has 9 nitrogen and oxygen atoms in total. The lowest BCUT2D eigenvalue weighted by molar-refractivity contribution is -0.138. The Labute approximate surface area is 162 Å². The van der Waals surface area contributed by atoms with Crippen LogP contribution in [-0.4, -0.2) is 85.2 Å². The molecular formula is C18H38O9. The van der Waals surface area contributed by atoms with Gasteiger partial charge in [-0.25, -0.2) is 0 Å². The van der Waals surface area contributed by atoms with Crippen LogP contribution in [0.1, 0.15) is 52.4 Å². The van der Waals surface area contributed by atoms with Gasteiger partial charge >= 0.3 is 11.9 Å². The molecule has 0 aliphatic heterocycles. The summed E-state index contributed by atoms with van der Waals surface area (Å²) in [4.78, 5) is 19.5. The van der Waals surface area contributed by atoms with Crippen LogP contribution in [0.5, 0.6) is 0 Å². The first-order valence-corrected chi connectivity index (χ1v) is 9.34. The zero-order chi connectivity index (χ0) is 21.2. The molecule has 0 fully saturated rings. The van der Waals surface area contributed by atoms with Gasteiger partial charge in [0, 0.05) is 12.8 Å². The average Bonchev–Trinajstić information content (AvgIpc) is 2.64. The third-order valence-corrected chi connectivity index (χ3v) is 2.70. The van der Waals surface area contributed by atoms with E-state index in [9.17, 15) is 9.59 Å². The van der Waals surface area contributed by atoms with E-state index in [1.807, 2.05) is 13.8 Å². The molecule has 27 heavy (non-hydrogen) atoms. The summed E-state index contributed by atoms with van der Waals surface area (Å²) in [6.07, 6.45) is 4.16. The third-order valence-electron chi connectivity index (χ3n) is 2.70.